The Balaban J connectivity index is 1.21. The second-order valence-corrected chi connectivity index (χ2v) is 9.85. The van der Waals surface area contributed by atoms with Gasteiger partial charge in [-0.15, -0.1) is 11.3 Å². The summed E-state index contributed by atoms with van der Waals surface area (Å²) >= 11 is 1.23. The number of thiophene rings is 1. The number of piperidine rings is 1. The van der Waals surface area contributed by atoms with Crippen LogP contribution in [0.4, 0.5) is 13.2 Å². The van der Waals surface area contributed by atoms with Crippen molar-refractivity contribution in [3.63, 3.8) is 0 Å². The van der Waals surface area contributed by atoms with Crippen molar-refractivity contribution in [2.45, 2.75) is 37.3 Å². The number of rotatable bonds is 6. The molecule has 1 saturated heterocycles. The number of aliphatic hydroxyl groups excluding tert-OH is 1. The molecule has 2 aromatic heterocycles. The number of nitrogens with zero attached hydrogens (tertiary/aromatic N) is 2. The normalized spacial score (nSPS) is 17.6. The minimum Gasteiger partial charge on any atom is -0.493 e. The van der Waals surface area contributed by atoms with Crippen LogP contribution in [0.25, 0.3) is 20.9 Å². The molecule has 4 aromatic rings. The first kappa shape index (κ1) is 24.0. The summed E-state index contributed by atoms with van der Waals surface area (Å²) in [5.74, 6) is 0.166. The molecule has 9 heteroatoms. The summed E-state index contributed by atoms with van der Waals surface area (Å²) in [5.41, 5.74) is -0.998. The number of alkyl halides is 3. The Morgan fingerprint density at radius 2 is 1.86 bits per heavy atom. The van der Waals surface area contributed by atoms with Gasteiger partial charge in [0, 0.05) is 52.9 Å². The lowest BCUT2D eigenvalue weighted by Crippen LogP contribution is -2.47. The van der Waals surface area contributed by atoms with E-state index in [1.54, 1.807) is 23.8 Å². The summed E-state index contributed by atoms with van der Waals surface area (Å²) < 4.78 is 45.9. The molecule has 5 nitrogen and oxygen atoms in total. The number of benzene rings is 2. The zero-order valence-corrected chi connectivity index (χ0v) is 19.6. The van der Waals surface area contributed by atoms with Crippen LogP contribution in [0, 0.1) is 0 Å². The molecular formula is C26H25F3N2O3S. The topological polar surface area (TPSA) is 65.8 Å². The van der Waals surface area contributed by atoms with Gasteiger partial charge in [-0.3, -0.25) is 9.88 Å². The van der Waals surface area contributed by atoms with Crippen molar-refractivity contribution in [1.82, 2.24) is 9.88 Å². The quantitative estimate of drug-likeness (QED) is 0.363. The van der Waals surface area contributed by atoms with E-state index in [2.05, 4.69) is 4.98 Å². The van der Waals surface area contributed by atoms with E-state index in [-0.39, 0.29) is 18.8 Å². The molecule has 2 N–H and O–H groups in total. The molecule has 184 valence electrons. The van der Waals surface area contributed by atoms with Crippen LogP contribution in [0.5, 0.6) is 5.75 Å². The highest BCUT2D eigenvalue weighted by Crippen LogP contribution is 2.39. The summed E-state index contributed by atoms with van der Waals surface area (Å²) in [6.45, 7) is 1.01. The third-order valence-corrected chi connectivity index (χ3v) is 7.57. The molecule has 1 fully saturated rings. The molecule has 0 saturated carbocycles. The predicted octanol–water partition coefficient (Wildman–Crippen LogP) is 5.54. The molecule has 35 heavy (non-hydrogen) atoms. The van der Waals surface area contributed by atoms with Gasteiger partial charge in [-0.1, -0.05) is 24.3 Å². The Morgan fingerprint density at radius 1 is 1.09 bits per heavy atom. The number of hydrogen-bond donors (Lipinski definition) is 2. The van der Waals surface area contributed by atoms with E-state index in [0.29, 0.717) is 36.0 Å². The smallest absolute Gasteiger partial charge is 0.416 e. The maximum absolute atomic E-state index is 13.2. The van der Waals surface area contributed by atoms with E-state index < -0.39 is 23.6 Å². The van der Waals surface area contributed by atoms with Crippen molar-refractivity contribution >= 4 is 32.2 Å². The van der Waals surface area contributed by atoms with Crippen molar-refractivity contribution in [3.05, 3.63) is 71.4 Å². The monoisotopic (exact) mass is 502 g/mol. The van der Waals surface area contributed by atoms with Gasteiger partial charge in [-0.2, -0.15) is 13.2 Å². The van der Waals surface area contributed by atoms with E-state index in [0.717, 1.165) is 28.5 Å². The van der Waals surface area contributed by atoms with Gasteiger partial charge in [0.05, 0.1) is 17.8 Å². The number of hydrogen-bond acceptors (Lipinski definition) is 6. The van der Waals surface area contributed by atoms with Gasteiger partial charge in [0.15, 0.2) is 0 Å². The molecule has 0 bridgehead atoms. The molecule has 1 unspecified atom stereocenters. The molecule has 0 spiro atoms. The lowest BCUT2D eigenvalue weighted by atomic mass is 9.83. The summed E-state index contributed by atoms with van der Waals surface area (Å²) in [5, 5.41) is 26.4. The van der Waals surface area contributed by atoms with E-state index in [1.807, 2.05) is 29.2 Å². The van der Waals surface area contributed by atoms with Gasteiger partial charge in [-0.05, 0) is 41.8 Å². The number of fused-ring (bicyclic) bond motifs is 2. The Kier molecular flexibility index (Phi) is 6.43. The van der Waals surface area contributed by atoms with Crippen molar-refractivity contribution in [3.8, 4) is 5.75 Å². The van der Waals surface area contributed by atoms with E-state index in [4.69, 9.17) is 4.74 Å². The van der Waals surface area contributed by atoms with Crippen LogP contribution in [-0.2, 0) is 11.8 Å². The van der Waals surface area contributed by atoms with Gasteiger partial charge in [0.2, 0.25) is 0 Å². The first-order valence-electron chi connectivity index (χ1n) is 11.4. The van der Waals surface area contributed by atoms with E-state index >= 15 is 0 Å². The van der Waals surface area contributed by atoms with Crippen LogP contribution < -0.4 is 4.74 Å². The Labute approximate surface area is 204 Å². The molecule has 1 aliphatic heterocycles. The highest BCUT2D eigenvalue weighted by Gasteiger charge is 2.37. The lowest BCUT2D eigenvalue weighted by Gasteiger charge is -2.40. The van der Waals surface area contributed by atoms with Crippen molar-refractivity contribution < 1.29 is 28.1 Å². The van der Waals surface area contributed by atoms with Gasteiger partial charge in [0.1, 0.15) is 12.0 Å². The first-order chi connectivity index (χ1) is 16.7. The second kappa shape index (κ2) is 9.39. The molecule has 0 amide bonds. The fourth-order valence-corrected chi connectivity index (χ4v) is 5.57. The molecule has 3 heterocycles. The standard InChI is InChI=1S/C26H25F3N2O3S/c27-26(28,29)18-13-22(20-6-12-35-23(20)14-18)34-11-5-24(32)31-9-7-25(33,8-10-31)21-16-30-15-17-3-1-2-4-19(17)21/h1-4,6,12-16,24,32-33H,5,7-11H2. The minimum absolute atomic E-state index is 0.0709. The first-order valence-corrected chi connectivity index (χ1v) is 12.3. The maximum atomic E-state index is 13.2. The van der Waals surface area contributed by atoms with Crippen LogP contribution >= 0.6 is 11.3 Å². The number of aromatic nitrogens is 1. The van der Waals surface area contributed by atoms with Crippen molar-refractivity contribution in [2.24, 2.45) is 0 Å². The highest BCUT2D eigenvalue weighted by molar-refractivity contribution is 7.17. The summed E-state index contributed by atoms with van der Waals surface area (Å²) in [7, 11) is 0. The molecule has 0 aliphatic carbocycles. The average molecular weight is 503 g/mol. The molecule has 1 aliphatic rings. The average Bonchev–Trinajstić information content (AvgIpc) is 3.32. The van der Waals surface area contributed by atoms with Gasteiger partial charge < -0.3 is 14.9 Å². The number of ether oxygens (including phenoxy) is 1. The second-order valence-electron chi connectivity index (χ2n) is 8.90. The number of halogens is 3. The predicted molar refractivity (Wildman–Crippen MR) is 129 cm³/mol. The zero-order chi connectivity index (χ0) is 24.6. The maximum Gasteiger partial charge on any atom is 0.416 e. The molecule has 2 aromatic carbocycles. The van der Waals surface area contributed by atoms with Gasteiger partial charge >= 0.3 is 6.18 Å². The summed E-state index contributed by atoms with van der Waals surface area (Å²) in [6, 6.07) is 11.7. The van der Waals surface area contributed by atoms with E-state index in [9.17, 15) is 23.4 Å². The Morgan fingerprint density at radius 3 is 2.63 bits per heavy atom. The summed E-state index contributed by atoms with van der Waals surface area (Å²) in [4.78, 5) is 6.15. The van der Waals surface area contributed by atoms with Crippen LogP contribution in [0.1, 0.15) is 30.4 Å². The fraction of sp³-hybridized carbons (Fsp3) is 0.346. The number of likely N-dealkylation sites (tertiary alicyclic amines) is 1. The highest BCUT2D eigenvalue weighted by atomic mass is 32.1. The molecule has 0 radical (unpaired) electrons. The van der Waals surface area contributed by atoms with Crippen LogP contribution in [0.3, 0.4) is 0 Å². The third kappa shape index (κ3) is 4.86. The van der Waals surface area contributed by atoms with Gasteiger partial charge in [-0.25, -0.2) is 0 Å². The Hall–Kier alpha value is -2.72. The van der Waals surface area contributed by atoms with E-state index in [1.165, 1.54) is 11.3 Å². The third-order valence-electron chi connectivity index (χ3n) is 6.71. The largest absolute Gasteiger partial charge is 0.493 e. The van der Waals surface area contributed by atoms with Crippen molar-refractivity contribution in [1.29, 1.82) is 0 Å². The summed E-state index contributed by atoms with van der Waals surface area (Å²) in [6.07, 6.45) is -0.699. The van der Waals surface area contributed by atoms with Crippen LogP contribution in [-0.4, -0.2) is 46.0 Å². The fourth-order valence-electron chi connectivity index (χ4n) is 4.73. The van der Waals surface area contributed by atoms with Crippen LogP contribution in [0.2, 0.25) is 0 Å². The number of aliphatic hydroxyl groups is 2. The van der Waals surface area contributed by atoms with Gasteiger partial charge in [0.25, 0.3) is 0 Å². The van der Waals surface area contributed by atoms with Crippen molar-refractivity contribution in [2.75, 3.05) is 19.7 Å². The zero-order valence-electron chi connectivity index (χ0n) is 18.8. The molecule has 5 rings (SSSR count). The molecular weight excluding hydrogens is 477 g/mol. The SMILES string of the molecule is OC(CCOc1cc(C(F)(F)F)cc2sccc12)N1CCC(O)(c2cncc3ccccc23)CC1. The van der Waals surface area contributed by atoms with Crippen LogP contribution in [0.15, 0.2) is 60.2 Å². The number of pyridine rings is 1. The molecule has 1 atom stereocenters. The Bertz CT molecular complexity index is 1330. The lowest BCUT2D eigenvalue weighted by molar-refractivity contribution is -0.137. The minimum atomic E-state index is -4.46.